The van der Waals surface area contributed by atoms with Gasteiger partial charge in [0, 0.05) is 19.5 Å². The number of aromatic hydroxyl groups is 1. The van der Waals surface area contributed by atoms with Gasteiger partial charge < -0.3 is 15.2 Å². The molecule has 0 aliphatic heterocycles. The minimum Gasteiger partial charge on any atom is -0.507 e. The van der Waals surface area contributed by atoms with Gasteiger partial charge in [0.1, 0.15) is 11.5 Å². The number of benzene rings is 1. The van der Waals surface area contributed by atoms with E-state index in [0.717, 1.165) is 12.8 Å². The lowest BCUT2D eigenvalue weighted by atomic mass is 10.2. The molecule has 1 aromatic carbocycles. The van der Waals surface area contributed by atoms with E-state index in [4.69, 9.17) is 4.74 Å². The van der Waals surface area contributed by atoms with Crippen LogP contribution in [0.2, 0.25) is 0 Å². The number of carbonyl (C=O) groups is 2. The fraction of sp³-hybridized carbons (Fsp3) is 0.385. The monoisotopic (exact) mass is 251 g/mol. The van der Waals surface area contributed by atoms with Crippen LogP contribution in [0, 0.1) is 0 Å². The number of nitrogens with one attached hydrogen (secondary N) is 1. The van der Waals surface area contributed by atoms with Crippen LogP contribution in [0.15, 0.2) is 18.2 Å². The molecule has 98 valence electrons. The van der Waals surface area contributed by atoms with Gasteiger partial charge in [0.05, 0.1) is 12.2 Å². The van der Waals surface area contributed by atoms with Crippen LogP contribution in [0.25, 0.3) is 0 Å². The molecule has 5 nitrogen and oxygen atoms in total. The molecule has 0 aliphatic carbocycles. The lowest BCUT2D eigenvalue weighted by molar-refractivity contribution is -0.120. The van der Waals surface area contributed by atoms with Crippen LogP contribution in [0.3, 0.4) is 0 Å². The lowest BCUT2D eigenvalue weighted by Crippen LogP contribution is -2.17. The fourth-order valence-corrected chi connectivity index (χ4v) is 1.42. The number of hydrogen-bond donors (Lipinski definition) is 2. The minimum absolute atomic E-state index is 0.0166. The van der Waals surface area contributed by atoms with Gasteiger partial charge in [-0.1, -0.05) is 0 Å². The summed E-state index contributed by atoms with van der Waals surface area (Å²) in [4.78, 5) is 21.4. The van der Waals surface area contributed by atoms with Crippen molar-refractivity contribution < 1.29 is 19.4 Å². The third-order valence-corrected chi connectivity index (χ3v) is 2.47. The zero-order valence-electron chi connectivity index (χ0n) is 10.3. The Bertz CT molecular complexity index is 417. The van der Waals surface area contributed by atoms with Crippen LogP contribution in [0.1, 0.15) is 29.6 Å². The van der Waals surface area contributed by atoms with Crippen molar-refractivity contribution in [2.75, 3.05) is 13.7 Å². The van der Waals surface area contributed by atoms with Crippen LogP contribution in [-0.4, -0.2) is 31.0 Å². The first-order valence-corrected chi connectivity index (χ1v) is 5.79. The number of amides is 1. The molecule has 5 heteroatoms. The van der Waals surface area contributed by atoms with Crippen LogP contribution < -0.4 is 10.1 Å². The minimum atomic E-state index is -0.0899. The summed E-state index contributed by atoms with van der Waals surface area (Å²) >= 11 is 0. The highest BCUT2D eigenvalue weighted by molar-refractivity contribution is 5.79. The largest absolute Gasteiger partial charge is 0.507 e. The van der Waals surface area contributed by atoms with E-state index in [-0.39, 0.29) is 17.2 Å². The molecule has 0 bridgehead atoms. The van der Waals surface area contributed by atoms with Crippen molar-refractivity contribution in [3.05, 3.63) is 23.8 Å². The molecular weight excluding hydrogens is 234 g/mol. The predicted octanol–water partition coefficient (Wildman–Crippen LogP) is 1.50. The van der Waals surface area contributed by atoms with Crippen molar-refractivity contribution in [2.24, 2.45) is 0 Å². The van der Waals surface area contributed by atoms with Crippen LogP contribution in [-0.2, 0) is 4.79 Å². The van der Waals surface area contributed by atoms with Crippen molar-refractivity contribution in [3.8, 4) is 11.5 Å². The van der Waals surface area contributed by atoms with E-state index in [9.17, 15) is 14.7 Å². The molecule has 0 radical (unpaired) electrons. The number of phenols is 1. The first-order chi connectivity index (χ1) is 8.67. The smallest absolute Gasteiger partial charge is 0.219 e. The Hall–Kier alpha value is -2.04. The average Bonchev–Trinajstić information content (AvgIpc) is 2.38. The zero-order chi connectivity index (χ0) is 13.4. The Morgan fingerprint density at radius 2 is 2.22 bits per heavy atom. The lowest BCUT2D eigenvalue weighted by Gasteiger charge is -2.07. The van der Waals surface area contributed by atoms with Gasteiger partial charge in [0.25, 0.3) is 0 Å². The van der Waals surface area contributed by atoms with Crippen molar-refractivity contribution in [3.63, 3.8) is 0 Å². The molecule has 0 spiro atoms. The molecule has 1 aromatic rings. The molecule has 0 saturated heterocycles. The molecule has 1 rings (SSSR count). The van der Waals surface area contributed by atoms with Crippen LogP contribution >= 0.6 is 0 Å². The third kappa shape index (κ3) is 4.45. The van der Waals surface area contributed by atoms with Gasteiger partial charge in [-0.15, -0.1) is 0 Å². The highest BCUT2D eigenvalue weighted by atomic mass is 16.5. The summed E-state index contributed by atoms with van der Waals surface area (Å²) in [6.07, 6.45) is 2.57. The second kappa shape index (κ2) is 7.32. The standard InChI is InChI=1S/C13H17NO4/c1-14-13(17)4-2-3-7-18-11-6-5-10(9-15)12(16)8-11/h5-6,8-9,16H,2-4,7H2,1H3,(H,14,17). The summed E-state index contributed by atoms with van der Waals surface area (Å²) in [6.45, 7) is 0.469. The number of phenolic OH excluding ortho intramolecular Hbond substituents is 1. The van der Waals surface area contributed by atoms with E-state index in [1.807, 2.05) is 0 Å². The number of hydrogen-bond acceptors (Lipinski definition) is 4. The van der Waals surface area contributed by atoms with E-state index in [0.29, 0.717) is 25.1 Å². The summed E-state index contributed by atoms with van der Waals surface area (Å²) in [5, 5.41) is 12.0. The molecule has 0 saturated carbocycles. The second-order valence-corrected chi connectivity index (χ2v) is 3.82. The van der Waals surface area contributed by atoms with E-state index in [1.165, 1.54) is 12.1 Å². The number of ether oxygens (including phenoxy) is 1. The summed E-state index contributed by atoms with van der Waals surface area (Å²) < 4.78 is 5.39. The third-order valence-electron chi connectivity index (χ3n) is 2.47. The maximum absolute atomic E-state index is 10.9. The Balaban J connectivity index is 2.29. The quantitative estimate of drug-likeness (QED) is 0.569. The zero-order valence-corrected chi connectivity index (χ0v) is 10.3. The van der Waals surface area contributed by atoms with Gasteiger partial charge in [0.15, 0.2) is 6.29 Å². The van der Waals surface area contributed by atoms with Crippen molar-refractivity contribution >= 4 is 12.2 Å². The Morgan fingerprint density at radius 3 is 2.83 bits per heavy atom. The van der Waals surface area contributed by atoms with E-state index < -0.39 is 0 Å². The van der Waals surface area contributed by atoms with Gasteiger partial charge in [0.2, 0.25) is 5.91 Å². The van der Waals surface area contributed by atoms with Gasteiger partial charge >= 0.3 is 0 Å². The Labute approximate surface area is 106 Å². The maximum Gasteiger partial charge on any atom is 0.219 e. The first-order valence-electron chi connectivity index (χ1n) is 5.79. The molecule has 2 N–H and O–H groups in total. The molecular formula is C13H17NO4. The summed E-state index contributed by atoms with van der Waals surface area (Å²) in [6, 6.07) is 4.53. The number of unbranched alkanes of at least 4 members (excludes halogenated alkanes) is 1. The molecule has 0 unspecified atom stereocenters. The highest BCUT2D eigenvalue weighted by Gasteiger charge is 2.02. The van der Waals surface area contributed by atoms with E-state index in [1.54, 1.807) is 13.1 Å². The maximum atomic E-state index is 10.9. The predicted molar refractivity (Wildman–Crippen MR) is 66.9 cm³/mol. The van der Waals surface area contributed by atoms with Gasteiger partial charge in [-0.3, -0.25) is 9.59 Å². The second-order valence-electron chi connectivity index (χ2n) is 3.82. The number of rotatable bonds is 7. The van der Waals surface area contributed by atoms with Gasteiger partial charge in [-0.05, 0) is 25.0 Å². The summed E-state index contributed by atoms with van der Waals surface area (Å²) in [5.74, 6) is 0.439. The fourth-order valence-electron chi connectivity index (χ4n) is 1.42. The Kier molecular flexibility index (Phi) is 5.70. The molecule has 0 aliphatic rings. The summed E-state index contributed by atoms with van der Waals surface area (Å²) in [7, 11) is 1.61. The molecule has 0 aromatic heterocycles. The normalized spacial score (nSPS) is 9.83. The average molecular weight is 251 g/mol. The first kappa shape index (κ1) is 14.0. The van der Waals surface area contributed by atoms with Gasteiger partial charge in [-0.2, -0.15) is 0 Å². The molecule has 0 heterocycles. The van der Waals surface area contributed by atoms with Crippen molar-refractivity contribution in [1.82, 2.24) is 5.32 Å². The van der Waals surface area contributed by atoms with Crippen molar-refractivity contribution in [2.45, 2.75) is 19.3 Å². The highest BCUT2D eigenvalue weighted by Crippen LogP contribution is 2.22. The number of aldehydes is 1. The van der Waals surface area contributed by atoms with Gasteiger partial charge in [-0.25, -0.2) is 0 Å². The molecule has 1 amide bonds. The summed E-state index contributed by atoms with van der Waals surface area (Å²) in [5.41, 5.74) is 0.238. The van der Waals surface area contributed by atoms with E-state index in [2.05, 4.69) is 5.32 Å². The van der Waals surface area contributed by atoms with Crippen LogP contribution in [0.4, 0.5) is 0 Å². The Morgan fingerprint density at radius 1 is 1.44 bits per heavy atom. The van der Waals surface area contributed by atoms with Crippen molar-refractivity contribution in [1.29, 1.82) is 0 Å². The SMILES string of the molecule is CNC(=O)CCCCOc1ccc(C=O)c(O)c1. The molecule has 18 heavy (non-hydrogen) atoms. The molecule has 0 fully saturated rings. The topological polar surface area (TPSA) is 75.6 Å². The molecule has 0 atom stereocenters. The number of carbonyl (C=O) groups excluding carboxylic acids is 2. The van der Waals surface area contributed by atoms with E-state index >= 15 is 0 Å². The van der Waals surface area contributed by atoms with Crippen LogP contribution in [0.5, 0.6) is 11.5 Å².